The van der Waals surface area contributed by atoms with Crippen LogP contribution in [0.15, 0.2) is 4.99 Å². The van der Waals surface area contributed by atoms with Crippen LogP contribution in [-0.2, 0) is 9.47 Å². The highest BCUT2D eigenvalue weighted by molar-refractivity contribution is 14.0. The van der Waals surface area contributed by atoms with Crippen molar-refractivity contribution < 1.29 is 14.6 Å². The van der Waals surface area contributed by atoms with Gasteiger partial charge in [-0.15, -0.1) is 24.0 Å². The maximum Gasteiger partial charge on any atom is 0.193 e. The van der Waals surface area contributed by atoms with Gasteiger partial charge in [-0.3, -0.25) is 4.99 Å². The lowest BCUT2D eigenvalue weighted by molar-refractivity contribution is 0.00989. The summed E-state index contributed by atoms with van der Waals surface area (Å²) in [6, 6.07) is 0. The zero-order chi connectivity index (χ0) is 16.2. The Kier molecular flexibility index (Phi) is 14.2. The van der Waals surface area contributed by atoms with Gasteiger partial charge in [0, 0.05) is 53.1 Å². The van der Waals surface area contributed by atoms with Crippen molar-refractivity contribution in [2.75, 3.05) is 53.1 Å². The number of nitrogens with zero attached hydrogens (tertiary/aromatic N) is 2. The summed E-state index contributed by atoms with van der Waals surface area (Å²) in [5, 5.41) is 12.5. The van der Waals surface area contributed by atoms with Gasteiger partial charge in [0.15, 0.2) is 5.96 Å². The van der Waals surface area contributed by atoms with E-state index >= 15 is 0 Å². The molecule has 0 aromatic carbocycles. The quantitative estimate of drug-likeness (QED) is 0.246. The highest BCUT2D eigenvalue weighted by Gasteiger charge is 2.21. The molecule has 23 heavy (non-hydrogen) atoms. The number of nitrogens with one attached hydrogen (secondary N) is 1. The predicted octanol–water partition coefficient (Wildman–Crippen LogP) is 1.72. The van der Waals surface area contributed by atoms with Crippen molar-refractivity contribution in [2.24, 2.45) is 10.9 Å². The number of halogens is 1. The standard InChI is InChI=1S/C16H33N3O3.HI/c1-4-17-16(18-12-14(2)13-20)19-8-6-15(7-9-19)22-11-5-10-21-3;/h14-15,20H,4-13H2,1-3H3,(H,17,18);1H. The lowest BCUT2D eigenvalue weighted by Gasteiger charge is -2.34. The SMILES string of the molecule is CCNC(=NCC(C)CO)N1CCC(OCCCOC)CC1.I. The first-order valence-electron chi connectivity index (χ1n) is 8.45. The van der Waals surface area contributed by atoms with E-state index in [9.17, 15) is 0 Å². The van der Waals surface area contributed by atoms with Gasteiger partial charge in [-0.2, -0.15) is 0 Å². The number of hydrogen-bond donors (Lipinski definition) is 2. The van der Waals surface area contributed by atoms with Crippen molar-refractivity contribution >= 4 is 29.9 Å². The van der Waals surface area contributed by atoms with Gasteiger partial charge < -0.3 is 24.8 Å². The molecule has 1 fully saturated rings. The Bertz CT molecular complexity index is 311. The Morgan fingerprint density at radius 3 is 2.61 bits per heavy atom. The number of guanidine groups is 1. The zero-order valence-electron chi connectivity index (χ0n) is 14.8. The van der Waals surface area contributed by atoms with Gasteiger partial charge in [-0.25, -0.2) is 0 Å². The second-order valence-electron chi connectivity index (χ2n) is 5.89. The van der Waals surface area contributed by atoms with E-state index in [0.29, 0.717) is 12.6 Å². The maximum atomic E-state index is 9.11. The minimum Gasteiger partial charge on any atom is -0.396 e. The molecule has 1 saturated heterocycles. The lowest BCUT2D eigenvalue weighted by Crippen LogP contribution is -2.47. The maximum absolute atomic E-state index is 9.11. The largest absolute Gasteiger partial charge is 0.396 e. The number of aliphatic hydroxyl groups excluding tert-OH is 1. The summed E-state index contributed by atoms with van der Waals surface area (Å²) >= 11 is 0. The third kappa shape index (κ3) is 9.69. The Hall–Kier alpha value is -0.120. The molecule has 1 heterocycles. The molecule has 0 amide bonds. The number of likely N-dealkylation sites (tertiary alicyclic amines) is 1. The molecule has 1 atom stereocenters. The van der Waals surface area contributed by atoms with Crippen LogP contribution >= 0.6 is 24.0 Å². The molecule has 0 spiro atoms. The monoisotopic (exact) mass is 443 g/mol. The molecular formula is C16H34IN3O3. The van der Waals surface area contributed by atoms with Crippen molar-refractivity contribution in [2.45, 2.75) is 39.2 Å². The van der Waals surface area contributed by atoms with Crippen LogP contribution in [0.2, 0.25) is 0 Å². The normalized spacial score (nSPS) is 17.7. The molecule has 0 radical (unpaired) electrons. The zero-order valence-corrected chi connectivity index (χ0v) is 17.1. The third-order valence-corrected chi connectivity index (χ3v) is 3.79. The summed E-state index contributed by atoms with van der Waals surface area (Å²) in [7, 11) is 1.72. The fourth-order valence-electron chi connectivity index (χ4n) is 2.41. The lowest BCUT2D eigenvalue weighted by atomic mass is 10.1. The highest BCUT2D eigenvalue weighted by Crippen LogP contribution is 2.14. The molecule has 1 aliphatic heterocycles. The molecule has 1 unspecified atom stereocenters. The van der Waals surface area contributed by atoms with Crippen molar-refractivity contribution in [1.82, 2.24) is 10.2 Å². The van der Waals surface area contributed by atoms with E-state index < -0.39 is 0 Å². The number of aliphatic hydroxyl groups is 1. The number of ether oxygens (including phenoxy) is 2. The fraction of sp³-hybridized carbons (Fsp3) is 0.938. The van der Waals surface area contributed by atoms with E-state index in [1.54, 1.807) is 7.11 Å². The molecule has 0 aliphatic carbocycles. The number of methoxy groups -OCH3 is 1. The molecule has 0 saturated carbocycles. The van der Waals surface area contributed by atoms with Gasteiger partial charge in [-0.05, 0) is 32.1 Å². The van der Waals surface area contributed by atoms with Gasteiger partial charge in [0.1, 0.15) is 0 Å². The summed E-state index contributed by atoms with van der Waals surface area (Å²) in [6.45, 7) is 9.26. The molecular weight excluding hydrogens is 409 g/mol. The Labute approximate surface area is 158 Å². The number of aliphatic imine (C=N–C) groups is 1. The van der Waals surface area contributed by atoms with Crippen LogP contribution in [0.25, 0.3) is 0 Å². The Morgan fingerprint density at radius 1 is 1.35 bits per heavy atom. The van der Waals surface area contributed by atoms with Crippen LogP contribution in [0.4, 0.5) is 0 Å². The van der Waals surface area contributed by atoms with Crippen LogP contribution in [0.1, 0.15) is 33.1 Å². The molecule has 7 heteroatoms. The average molecular weight is 443 g/mol. The molecule has 138 valence electrons. The second kappa shape index (κ2) is 14.2. The molecule has 0 aromatic rings. The molecule has 0 aromatic heterocycles. The van der Waals surface area contributed by atoms with Gasteiger partial charge in [0.05, 0.1) is 6.10 Å². The molecule has 1 rings (SSSR count). The van der Waals surface area contributed by atoms with Crippen molar-refractivity contribution in [3.8, 4) is 0 Å². The molecule has 6 nitrogen and oxygen atoms in total. The van der Waals surface area contributed by atoms with Crippen molar-refractivity contribution in [3.63, 3.8) is 0 Å². The minimum atomic E-state index is 0. The molecule has 1 aliphatic rings. The van der Waals surface area contributed by atoms with E-state index in [2.05, 4.69) is 22.1 Å². The first kappa shape index (κ1) is 22.9. The van der Waals surface area contributed by atoms with Crippen LogP contribution in [0, 0.1) is 5.92 Å². The van der Waals surface area contributed by atoms with Gasteiger partial charge >= 0.3 is 0 Å². The molecule has 0 bridgehead atoms. The summed E-state index contributed by atoms with van der Waals surface area (Å²) in [4.78, 5) is 6.93. The van der Waals surface area contributed by atoms with Gasteiger partial charge in [0.25, 0.3) is 0 Å². The minimum absolute atomic E-state index is 0. The van der Waals surface area contributed by atoms with Gasteiger partial charge in [-0.1, -0.05) is 6.92 Å². The fourth-order valence-corrected chi connectivity index (χ4v) is 2.41. The van der Waals surface area contributed by atoms with Gasteiger partial charge in [0.2, 0.25) is 0 Å². The van der Waals surface area contributed by atoms with Crippen LogP contribution in [-0.4, -0.2) is 75.2 Å². The van der Waals surface area contributed by atoms with E-state index in [1.807, 2.05) is 6.92 Å². The highest BCUT2D eigenvalue weighted by atomic mass is 127. The number of rotatable bonds is 9. The summed E-state index contributed by atoms with van der Waals surface area (Å²) < 4.78 is 10.9. The number of piperidine rings is 1. The average Bonchev–Trinajstić information content (AvgIpc) is 2.56. The topological polar surface area (TPSA) is 66.3 Å². The van der Waals surface area contributed by atoms with Crippen LogP contribution in [0.5, 0.6) is 0 Å². The van der Waals surface area contributed by atoms with Crippen LogP contribution in [0.3, 0.4) is 0 Å². The van der Waals surface area contributed by atoms with E-state index in [1.165, 1.54) is 0 Å². The first-order valence-corrected chi connectivity index (χ1v) is 8.45. The second-order valence-corrected chi connectivity index (χ2v) is 5.89. The Balaban J connectivity index is 0.00000484. The summed E-state index contributed by atoms with van der Waals surface area (Å²) in [5.74, 6) is 1.16. The predicted molar refractivity (Wildman–Crippen MR) is 105 cm³/mol. The van der Waals surface area contributed by atoms with E-state index in [4.69, 9.17) is 14.6 Å². The van der Waals surface area contributed by atoms with E-state index in [-0.39, 0.29) is 36.5 Å². The van der Waals surface area contributed by atoms with Crippen LogP contribution < -0.4 is 5.32 Å². The third-order valence-electron chi connectivity index (χ3n) is 3.79. The Morgan fingerprint density at radius 2 is 2.04 bits per heavy atom. The van der Waals surface area contributed by atoms with Crippen molar-refractivity contribution in [1.29, 1.82) is 0 Å². The molecule has 2 N–H and O–H groups in total. The van der Waals surface area contributed by atoms with E-state index in [0.717, 1.165) is 58.1 Å². The summed E-state index contributed by atoms with van der Waals surface area (Å²) in [6.07, 6.45) is 3.38. The smallest absolute Gasteiger partial charge is 0.193 e. The first-order chi connectivity index (χ1) is 10.7. The summed E-state index contributed by atoms with van der Waals surface area (Å²) in [5.41, 5.74) is 0. The van der Waals surface area contributed by atoms with Crippen molar-refractivity contribution in [3.05, 3.63) is 0 Å². The number of hydrogen-bond acceptors (Lipinski definition) is 4.